The van der Waals surface area contributed by atoms with Crippen molar-refractivity contribution in [2.45, 2.75) is 19.5 Å². The van der Waals surface area contributed by atoms with Gasteiger partial charge in [-0.3, -0.25) is 4.79 Å². The van der Waals surface area contributed by atoms with Gasteiger partial charge in [0.15, 0.2) is 17.5 Å². The lowest BCUT2D eigenvalue weighted by Crippen LogP contribution is -3.29. The lowest BCUT2D eigenvalue weighted by molar-refractivity contribution is -1.02. The summed E-state index contributed by atoms with van der Waals surface area (Å²) in [6.07, 6.45) is 0. The van der Waals surface area contributed by atoms with Crippen LogP contribution in [0.2, 0.25) is 0 Å². The fraction of sp³-hybridized carbons (Fsp3) is 0.435. The highest BCUT2D eigenvalue weighted by Gasteiger charge is 2.33. The minimum atomic E-state index is -0.0390. The molecule has 6 nitrogen and oxygen atoms in total. The van der Waals surface area contributed by atoms with Gasteiger partial charge in [0.2, 0.25) is 0 Å². The molecule has 1 atom stereocenters. The second-order valence-electron chi connectivity index (χ2n) is 7.73. The summed E-state index contributed by atoms with van der Waals surface area (Å²) in [5, 5.41) is 0. The van der Waals surface area contributed by atoms with Crippen LogP contribution in [0.3, 0.4) is 0 Å². The predicted molar refractivity (Wildman–Crippen MR) is 114 cm³/mol. The van der Waals surface area contributed by atoms with Crippen molar-refractivity contribution >= 4 is 11.6 Å². The average Bonchev–Trinajstić information content (AvgIpc) is 2.78. The van der Waals surface area contributed by atoms with Gasteiger partial charge in [-0.05, 0) is 37.3 Å². The molecular formula is C23H33N3O3+2. The van der Waals surface area contributed by atoms with Gasteiger partial charge >= 0.3 is 0 Å². The number of hydrogen-bond donors (Lipinski definition) is 2. The molecule has 2 N–H and O–H groups in total. The molecule has 0 radical (unpaired) electrons. The van der Waals surface area contributed by atoms with Gasteiger partial charge in [-0.25, -0.2) is 0 Å². The van der Waals surface area contributed by atoms with Gasteiger partial charge in [0, 0.05) is 18.3 Å². The molecule has 0 aromatic heterocycles. The van der Waals surface area contributed by atoms with Crippen LogP contribution in [0.4, 0.5) is 5.69 Å². The number of anilines is 1. The Kier molecular flexibility index (Phi) is 7.12. The van der Waals surface area contributed by atoms with Crippen molar-refractivity contribution in [2.75, 3.05) is 52.3 Å². The van der Waals surface area contributed by atoms with E-state index in [9.17, 15) is 4.79 Å². The molecule has 0 aliphatic carbocycles. The van der Waals surface area contributed by atoms with Crippen molar-refractivity contribution in [3.63, 3.8) is 0 Å². The van der Waals surface area contributed by atoms with E-state index in [1.54, 1.807) is 19.1 Å². The number of methoxy groups -OCH3 is 2. The molecule has 0 bridgehead atoms. The topological polar surface area (TPSA) is 47.7 Å². The second kappa shape index (κ2) is 9.76. The maximum atomic E-state index is 12.9. The molecule has 0 saturated carbocycles. The zero-order valence-corrected chi connectivity index (χ0v) is 17.9. The molecule has 3 rings (SSSR count). The van der Waals surface area contributed by atoms with Crippen LogP contribution in [-0.4, -0.2) is 59.4 Å². The van der Waals surface area contributed by atoms with Crippen molar-refractivity contribution < 1.29 is 24.1 Å². The van der Waals surface area contributed by atoms with Crippen LogP contribution >= 0.6 is 0 Å². The maximum Gasteiger partial charge on any atom is 0.284 e. The number of rotatable bonds is 7. The van der Waals surface area contributed by atoms with E-state index < -0.39 is 0 Å². The first-order chi connectivity index (χ1) is 14.0. The third-order valence-corrected chi connectivity index (χ3v) is 5.96. The highest BCUT2D eigenvalue weighted by molar-refractivity contribution is 5.95. The monoisotopic (exact) mass is 399 g/mol. The lowest BCUT2D eigenvalue weighted by atomic mass is 10.1. The van der Waals surface area contributed by atoms with Crippen molar-refractivity contribution in [1.29, 1.82) is 0 Å². The third-order valence-electron chi connectivity index (χ3n) is 5.96. The van der Waals surface area contributed by atoms with Crippen molar-refractivity contribution in [1.82, 2.24) is 0 Å². The zero-order valence-electron chi connectivity index (χ0n) is 17.9. The van der Waals surface area contributed by atoms with E-state index >= 15 is 0 Å². The maximum absolute atomic E-state index is 12.9. The van der Waals surface area contributed by atoms with Crippen LogP contribution < -0.4 is 24.2 Å². The van der Waals surface area contributed by atoms with E-state index in [0.29, 0.717) is 0 Å². The first-order valence-electron chi connectivity index (χ1n) is 10.2. The smallest absolute Gasteiger partial charge is 0.284 e. The molecule has 6 heteroatoms. The SMILES string of the molecule is COc1ccc(C[NH+]2CC[NH+]([C@H](C)C(=O)N(C)c3ccccc3)CC2)cc1OC. The van der Waals surface area contributed by atoms with Crippen molar-refractivity contribution in [2.24, 2.45) is 0 Å². The largest absolute Gasteiger partial charge is 0.493 e. The van der Waals surface area contributed by atoms with E-state index in [2.05, 4.69) is 19.1 Å². The fourth-order valence-electron chi connectivity index (χ4n) is 4.06. The Morgan fingerprint density at radius 1 is 1.00 bits per heavy atom. The molecule has 1 heterocycles. The lowest BCUT2D eigenvalue weighted by Gasteiger charge is -2.34. The van der Waals surface area contributed by atoms with Gasteiger partial charge in [0.05, 0.1) is 14.2 Å². The van der Waals surface area contributed by atoms with E-state index in [1.165, 1.54) is 15.4 Å². The molecular weight excluding hydrogens is 366 g/mol. The molecule has 2 aromatic rings. The zero-order chi connectivity index (χ0) is 20.8. The summed E-state index contributed by atoms with van der Waals surface area (Å²) in [4.78, 5) is 17.6. The third kappa shape index (κ3) is 5.08. The Morgan fingerprint density at radius 2 is 1.66 bits per heavy atom. The Balaban J connectivity index is 1.54. The molecule has 0 unspecified atom stereocenters. The molecule has 0 spiro atoms. The van der Waals surface area contributed by atoms with Gasteiger partial charge in [-0.15, -0.1) is 0 Å². The summed E-state index contributed by atoms with van der Waals surface area (Å²) in [6.45, 7) is 7.11. The van der Waals surface area contributed by atoms with Crippen LogP contribution in [0.5, 0.6) is 11.5 Å². The van der Waals surface area contributed by atoms with Gasteiger partial charge in [-0.1, -0.05) is 18.2 Å². The Labute approximate surface area is 173 Å². The number of piperazine rings is 1. The van der Waals surface area contributed by atoms with Gasteiger partial charge in [0.25, 0.3) is 5.91 Å². The second-order valence-corrected chi connectivity index (χ2v) is 7.73. The number of ether oxygens (including phenoxy) is 2. The number of para-hydroxylation sites is 1. The quantitative estimate of drug-likeness (QED) is 0.691. The minimum absolute atomic E-state index is 0.0390. The summed E-state index contributed by atoms with van der Waals surface area (Å²) >= 11 is 0. The number of likely N-dealkylation sites (N-methyl/N-ethyl adjacent to an activating group) is 1. The number of hydrogen-bond acceptors (Lipinski definition) is 3. The van der Waals surface area contributed by atoms with Crippen LogP contribution in [0.1, 0.15) is 12.5 Å². The molecule has 29 heavy (non-hydrogen) atoms. The summed E-state index contributed by atoms with van der Waals surface area (Å²) in [5.74, 6) is 1.71. The molecule has 1 fully saturated rings. The Bertz CT molecular complexity index is 804. The normalized spacial score (nSPS) is 20.0. The fourth-order valence-corrected chi connectivity index (χ4v) is 4.06. The first kappa shape index (κ1) is 21.1. The van der Waals surface area contributed by atoms with Crippen LogP contribution in [0.15, 0.2) is 48.5 Å². The highest BCUT2D eigenvalue weighted by atomic mass is 16.5. The summed E-state index contributed by atoms with van der Waals surface area (Å²) in [5.41, 5.74) is 2.19. The predicted octanol–water partition coefficient (Wildman–Crippen LogP) is 0.0387. The average molecular weight is 400 g/mol. The molecule has 1 aliphatic heterocycles. The number of carbonyl (C=O) groups excluding carboxylic acids is 1. The summed E-state index contributed by atoms with van der Waals surface area (Å²) in [6, 6.07) is 16.0. The number of nitrogens with one attached hydrogen (secondary N) is 2. The van der Waals surface area contributed by atoms with E-state index in [1.807, 2.05) is 43.4 Å². The molecule has 156 valence electrons. The number of amides is 1. The van der Waals surface area contributed by atoms with Crippen molar-refractivity contribution in [3.05, 3.63) is 54.1 Å². The number of carbonyl (C=O) groups is 1. The van der Waals surface area contributed by atoms with Gasteiger partial charge < -0.3 is 24.2 Å². The van der Waals surface area contributed by atoms with E-state index in [4.69, 9.17) is 9.47 Å². The Hall–Kier alpha value is -2.57. The number of benzene rings is 2. The molecule has 1 aliphatic rings. The minimum Gasteiger partial charge on any atom is -0.493 e. The van der Waals surface area contributed by atoms with E-state index in [0.717, 1.165) is 49.9 Å². The number of quaternary nitrogens is 2. The standard InChI is InChI=1S/C23H31N3O3/c1-18(23(27)24(2)20-8-6-5-7-9-20)26-14-12-25(13-15-26)17-19-10-11-21(28-3)22(16-19)29-4/h5-11,16,18H,12-15,17H2,1-4H3/p+2/t18-/m1/s1. The Morgan fingerprint density at radius 3 is 2.28 bits per heavy atom. The van der Waals surface area contributed by atoms with Crippen LogP contribution in [0, 0.1) is 0 Å². The first-order valence-corrected chi connectivity index (χ1v) is 10.2. The van der Waals surface area contributed by atoms with Crippen molar-refractivity contribution in [3.8, 4) is 11.5 Å². The molecule has 2 aromatic carbocycles. The highest BCUT2D eigenvalue weighted by Crippen LogP contribution is 2.27. The van der Waals surface area contributed by atoms with Crippen LogP contribution in [0.25, 0.3) is 0 Å². The molecule has 1 saturated heterocycles. The summed E-state index contributed by atoms with van der Waals surface area (Å²) < 4.78 is 10.7. The summed E-state index contributed by atoms with van der Waals surface area (Å²) in [7, 11) is 5.19. The van der Waals surface area contributed by atoms with Gasteiger partial charge in [-0.2, -0.15) is 0 Å². The van der Waals surface area contributed by atoms with Gasteiger partial charge in [0.1, 0.15) is 32.7 Å². The number of nitrogens with zero attached hydrogens (tertiary/aromatic N) is 1. The van der Waals surface area contributed by atoms with E-state index in [-0.39, 0.29) is 11.9 Å². The molecule has 1 amide bonds. The van der Waals surface area contributed by atoms with Crippen LogP contribution in [-0.2, 0) is 11.3 Å².